The zero-order chi connectivity index (χ0) is 54.3. The molecule has 0 radical (unpaired) electrons. The molecule has 1 unspecified atom stereocenters. The number of allylic oxidation sites excluding steroid dienone is 20. The summed E-state index contributed by atoms with van der Waals surface area (Å²) in [6, 6.07) is 0. The van der Waals surface area contributed by atoms with E-state index in [0.717, 1.165) is 141 Å². The van der Waals surface area contributed by atoms with Crippen molar-refractivity contribution >= 4 is 17.9 Å². The molecule has 426 valence electrons. The van der Waals surface area contributed by atoms with Crippen molar-refractivity contribution in [1.29, 1.82) is 0 Å². The highest BCUT2D eigenvalue weighted by molar-refractivity contribution is 5.71. The van der Waals surface area contributed by atoms with Gasteiger partial charge in [0.05, 0.1) is 0 Å². The van der Waals surface area contributed by atoms with E-state index < -0.39 is 6.10 Å². The highest BCUT2D eigenvalue weighted by Crippen LogP contribution is 2.14. The summed E-state index contributed by atoms with van der Waals surface area (Å²) < 4.78 is 16.9. The lowest BCUT2D eigenvalue weighted by Gasteiger charge is -2.18. The SMILES string of the molecule is CC/C=C\C/C=C\C/C=C\C/C=C\C/C=C\CCCCCC(=O)OC(COC(=O)CCCCCCC/C=C\C/C=C\CCCCC)COC(=O)CCCCCCCCCC/C=C\C/C=C\C/C=C\CCCCCCC. The smallest absolute Gasteiger partial charge is 0.306 e. The monoisotopic (exact) mass is 1040 g/mol. The Morgan fingerprint density at radius 2 is 0.520 bits per heavy atom. The largest absolute Gasteiger partial charge is 0.462 e. The molecule has 0 aliphatic carbocycles. The van der Waals surface area contributed by atoms with Gasteiger partial charge in [-0.3, -0.25) is 14.4 Å². The second kappa shape index (κ2) is 62.4. The molecule has 0 heterocycles. The van der Waals surface area contributed by atoms with Crippen molar-refractivity contribution in [2.24, 2.45) is 0 Å². The molecule has 0 aromatic carbocycles. The van der Waals surface area contributed by atoms with Crippen LogP contribution in [0, 0.1) is 0 Å². The Labute approximate surface area is 462 Å². The summed E-state index contributed by atoms with van der Waals surface area (Å²) in [6.45, 7) is 6.45. The Morgan fingerprint density at radius 3 is 0.853 bits per heavy atom. The van der Waals surface area contributed by atoms with Crippen molar-refractivity contribution in [2.45, 2.75) is 284 Å². The molecule has 0 saturated heterocycles. The predicted octanol–water partition coefficient (Wildman–Crippen LogP) is 21.2. The third kappa shape index (κ3) is 60.6. The first-order valence-corrected chi connectivity index (χ1v) is 31.0. The number of carbonyl (C=O) groups excluding carboxylic acids is 3. The summed E-state index contributed by atoms with van der Waals surface area (Å²) in [7, 11) is 0. The second-order valence-corrected chi connectivity index (χ2v) is 20.2. The predicted molar refractivity (Wildman–Crippen MR) is 325 cm³/mol. The molecule has 0 amide bonds. The van der Waals surface area contributed by atoms with Gasteiger partial charge < -0.3 is 14.2 Å². The minimum absolute atomic E-state index is 0.103. The Morgan fingerprint density at radius 1 is 0.280 bits per heavy atom. The van der Waals surface area contributed by atoms with Crippen molar-refractivity contribution in [3.8, 4) is 0 Å². The van der Waals surface area contributed by atoms with Crippen LogP contribution in [0.1, 0.15) is 278 Å². The first-order chi connectivity index (χ1) is 37.0. The highest BCUT2D eigenvalue weighted by atomic mass is 16.6. The number of hydrogen-bond acceptors (Lipinski definition) is 6. The standard InChI is InChI=1S/C69H114O6/c1-4-7-10-13-16-19-22-25-28-30-32-33-34-35-37-38-41-44-47-50-53-56-59-62-68(71)74-65-66(64-73-67(70)61-58-55-52-49-46-43-40-27-24-21-18-15-12-9-6-3)75-69(72)63-60-57-54-51-48-45-42-39-36-31-29-26-23-20-17-14-11-8-5-2/h8,11,17-18,20-22,25-27,29-30,32,34-36,39-40,45,48,66H,4-7,9-10,12-16,19,23-24,28,31,33,37-38,41-44,46-47,49-65H2,1-3H3/b11-8-,20-17-,21-18-,25-22-,29-26-,32-30-,35-34-,39-36-,40-27-,48-45-. The molecule has 0 saturated carbocycles. The van der Waals surface area contributed by atoms with Crippen LogP contribution in [0.2, 0.25) is 0 Å². The lowest BCUT2D eigenvalue weighted by Crippen LogP contribution is -2.30. The summed E-state index contributed by atoms with van der Waals surface area (Å²) in [6.07, 6.45) is 86.2. The maximum atomic E-state index is 12.9. The fourth-order valence-electron chi connectivity index (χ4n) is 8.27. The Bertz CT molecular complexity index is 1570. The zero-order valence-electron chi connectivity index (χ0n) is 48.8. The van der Waals surface area contributed by atoms with Crippen molar-refractivity contribution in [3.05, 3.63) is 122 Å². The molecule has 0 aliphatic heterocycles. The molecule has 0 N–H and O–H groups in total. The molecule has 75 heavy (non-hydrogen) atoms. The molecule has 0 spiro atoms. The van der Waals surface area contributed by atoms with Crippen molar-refractivity contribution < 1.29 is 28.6 Å². The van der Waals surface area contributed by atoms with Crippen LogP contribution in [0.25, 0.3) is 0 Å². The van der Waals surface area contributed by atoms with Gasteiger partial charge in [0, 0.05) is 19.3 Å². The van der Waals surface area contributed by atoms with Gasteiger partial charge in [-0.15, -0.1) is 0 Å². The average Bonchev–Trinajstić information content (AvgIpc) is 3.41. The van der Waals surface area contributed by atoms with Crippen LogP contribution >= 0.6 is 0 Å². The first-order valence-electron chi connectivity index (χ1n) is 31.0. The van der Waals surface area contributed by atoms with Gasteiger partial charge in [0.25, 0.3) is 0 Å². The number of rotatable bonds is 55. The van der Waals surface area contributed by atoms with Gasteiger partial charge in [-0.25, -0.2) is 0 Å². The van der Waals surface area contributed by atoms with E-state index in [4.69, 9.17) is 14.2 Å². The van der Waals surface area contributed by atoms with E-state index in [1.165, 1.54) is 96.3 Å². The molecule has 0 aromatic rings. The van der Waals surface area contributed by atoms with Gasteiger partial charge in [-0.05, 0) is 135 Å². The van der Waals surface area contributed by atoms with Gasteiger partial charge in [0.1, 0.15) is 13.2 Å². The molecule has 1 atom stereocenters. The van der Waals surface area contributed by atoms with Crippen LogP contribution in [0.4, 0.5) is 0 Å². The lowest BCUT2D eigenvalue weighted by molar-refractivity contribution is -0.167. The van der Waals surface area contributed by atoms with Crippen LogP contribution in [0.5, 0.6) is 0 Å². The maximum absolute atomic E-state index is 12.9. The fraction of sp³-hybridized carbons (Fsp3) is 0.667. The summed E-state index contributed by atoms with van der Waals surface area (Å²) >= 11 is 0. The quantitative estimate of drug-likeness (QED) is 0.0261. The van der Waals surface area contributed by atoms with Crippen molar-refractivity contribution in [1.82, 2.24) is 0 Å². The third-order valence-corrected chi connectivity index (χ3v) is 12.9. The molecule has 6 nitrogen and oxygen atoms in total. The van der Waals surface area contributed by atoms with Gasteiger partial charge >= 0.3 is 17.9 Å². The molecule has 0 rings (SSSR count). The highest BCUT2D eigenvalue weighted by Gasteiger charge is 2.19. The number of esters is 3. The van der Waals surface area contributed by atoms with Crippen molar-refractivity contribution in [3.63, 3.8) is 0 Å². The normalized spacial score (nSPS) is 12.9. The Hall–Kier alpha value is -4.19. The Kier molecular flexibility index (Phi) is 58.9. The first kappa shape index (κ1) is 70.8. The summed E-state index contributed by atoms with van der Waals surface area (Å²) in [5.41, 5.74) is 0. The van der Waals surface area contributed by atoms with Gasteiger partial charge in [0.15, 0.2) is 6.10 Å². The molecule has 6 heteroatoms. The van der Waals surface area contributed by atoms with Crippen LogP contribution in [0.15, 0.2) is 122 Å². The zero-order valence-corrected chi connectivity index (χ0v) is 48.8. The minimum Gasteiger partial charge on any atom is -0.462 e. The van der Waals surface area contributed by atoms with Crippen LogP contribution in [-0.2, 0) is 28.6 Å². The Balaban J connectivity index is 4.47. The van der Waals surface area contributed by atoms with Gasteiger partial charge in [-0.1, -0.05) is 245 Å². The fourth-order valence-corrected chi connectivity index (χ4v) is 8.27. The van der Waals surface area contributed by atoms with E-state index in [-0.39, 0.29) is 37.5 Å². The van der Waals surface area contributed by atoms with Crippen LogP contribution < -0.4 is 0 Å². The summed E-state index contributed by atoms with van der Waals surface area (Å²) in [5.74, 6) is -0.954. The number of ether oxygens (including phenoxy) is 3. The van der Waals surface area contributed by atoms with Crippen LogP contribution in [-0.4, -0.2) is 37.2 Å². The number of hydrogen-bond donors (Lipinski definition) is 0. The molecular formula is C69H114O6. The molecule has 0 aromatic heterocycles. The van der Waals surface area contributed by atoms with E-state index in [9.17, 15) is 14.4 Å². The van der Waals surface area contributed by atoms with Crippen LogP contribution in [0.3, 0.4) is 0 Å². The molecule has 0 aliphatic rings. The third-order valence-electron chi connectivity index (χ3n) is 12.9. The minimum atomic E-state index is -0.810. The maximum Gasteiger partial charge on any atom is 0.306 e. The molecular weight excluding hydrogens is 925 g/mol. The van der Waals surface area contributed by atoms with E-state index in [2.05, 4.69) is 142 Å². The van der Waals surface area contributed by atoms with E-state index in [0.29, 0.717) is 12.8 Å². The average molecular weight is 1040 g/mol. The van der Waals surface area contributed by atoms with E-state index in [1.54, 1.807) is 0 Å². The van der Waals surface area contributed by atoms with Crippen molar-refractivity contribution in [2.75, 3.05) is 13.2 Å². The summed E-state index contributed by atoms with van der Waals surface area (Å²) in [4.78, 5) is 38.3. The van der Waals surface area contributed by atoms with E-state index in [1.807, 2.05) is 0 Å². The second-order valence-electron chi connectivity index (χ2n) is 20.2. The lowest BCUT2D eigenvalue weighted by atomic mass is 10.1. The number of unbranched alkanes of at least 4 members (excludes halogenated alkanes) is 24. The van der Waals surface area contributed by atoms with Gasteiger partial charge in [-0.2, -0.15) is 0 Å². The molecule has 0 bridgehead atoms. The number of carbonyl (C=O) groups is 3. The van der Waals surface area contributed by atoms with E-state index >= 15 is 0 Å². The topological polar surface area (TPSA) is 78.9 Å². The van der Waals surface area contributed by atoms with Gasteiger partial charge in [0.2, 0.25) is 0 Å². The summed E-state index contributed by atoms with van der Waals surface area (Å²) in [5, 5.41) is 0. The molecule has 0 fully saturated rings.